The van der Waals surface area contributed by atoms with Gasteiger partial charge in [0.05, 0.1) is 0 Å². The summed E-state index contributed by atoms with van der Waals surface area (Å²) in [7, 11) is 0. The molecule has 0 bridgehead atoms. The molecule has 2 rings (SSSR count). The number of ketones is 1. The Morgan fingerprint density at radius 1 is 1.05 bits per heavy atom. The quantitative estimate of drug-likeness (QED) is 0.461. The monoisotopic (exact) mass is 334 g/mol. The molecule has 0 heterocycles. The number of esters is 1. The number of benzene rings is 2. The van der Waals surface area contributed by atoms with E-state index in [9.17, 15) is 9.59 Å². The molecular formula is C17H12Cl2O3. The smallest absolute Gasteiger partial charge is 0.331 e. The first-order valence-corrected chi connectivity index (χ1v) is 7.20. The van der Waals surface area contributed by atoms with Crippen LogP contribution in [0.2, 0.25) is 10.0 Å². The third-order valence-electron chi connectivity index (χ3n) is 2.80. The first kappa shape index (κ1) is 16.3. The second-order valence-corrected chi connectivity index (χ2v) is 5.24. The van der Waals surface area contributed by atoms with E-state index >= 15 is 0 Å². The minimum Gasteiger partial charge on any atom is -0.454 e. The zero-order valence-corrected chi connectivity index (χ0v) is 13.0. The fraction of sp³-hybridized carbons (Fsp3) is 0.0588. The number of rotatable bonds is 5. The van der Waals surface area contributed by atoms with E-state index in [1.165, 1.54) is 12.2 Å². The lowest BCUT2D eigenvalue weighted by Gasteiger charge is -2.02. The molecule has 0 radical (unpaired) electrons. The summed E-state index contributed by atoms with van der Waals surface area (Å²) >= 11 is 11.8. The third-order valence-corrected chi connectivity index (χ3v) is 3.37. The summed E-state index contributed by atoms with van der Waals surface area (Å²) in [4.78, 5) is 23.4. The van der Waals surface area contributed by atoms with Gasteiger partial charge in [0.25, 0.3) is 0 Å². The topological polar surface area (TPSA) is 43.4 Å². The van der Waals surface area contributed by atoms with E-state index < -0.39 is 5.97 Å². The van der Waals surface area contributed by atoms with Gasteiger partial charge in [0.2, 0.25) is 0 Å². The standard InChI is InChI=1S/C17H12Cl2O3/c18-14-8-6-12(15(19)10-14)7-9-17(21)22-11-16(20)13-4-2-1-3-5-13/h1-10H,11H2/b9-7+. The molecule has 0 atom stereocenters. The van der Waals surface area contributed by atoms with Crippen LogP contribution < -0.4 is 0 Å². The molecule has 112 valence electrons. The molecule has 0 aliphatic rings. The summed E-state index contributed by atoms with van der Waals surface area (Å²) in [5, 5.41) is 0.940. The van der Waals surface area contributed by atoms with Gasteiger partial charge in [-0.15, -0.1) is 0 Å². The summed E-state index contributed by atoms with van der Waals surface area (Å²) in [6.45, 7) is -0.304. The minimum absolute atomic E-state index is 0.258. The molecule has 5 heteroatoms. The molecule has 2 aromatic rings. The lowest BCUT2D eigenvalue weighted by Crippen LogP contribution is -2.12. The Morgan fingerprint density at radius 3 is 2.45 bits per heavy atom. The zero-order chi connectivity index (χ0) is 15.9. The van der Waals surface area contributed by atoms with Crippen LogP contribution in [0, 0.1) is 0 Å². The van der Waals surface area contributed by atoms with Crippen molar-refractivity contribution >= 4 is 41.0 Å². The lowest BCUT2D eigenvalue weighted by molar-refractivity contribution is -0.136. The highest BCUT2D eigenvalue weighted by Gasteiger charge is 2.07. The molecule has 0 aliphatic carbocycles. The summed E-state index contributed by atoms with van der Waals surface area (Å²) in [5.41, 5.74) is 1.14. The maximum absolute atomic E-state index is 11.8. The van der Waals surface area contributed by atoms with Gasteiger partial charge in [-0.25, -0.2) is 4.79 Å². The molecule has 0 amide bonds. The molecular weight excluding hydrogens is 323 g/mol. The van der Waals surface area contributed by atoms with Crippen LogP contribution in [0.15, 0.2) is 54.6 Å². The number of hydrogen-bond donors (Lipinski definition) is 0. The maximum atomic E-state index is 11.8. The van der Waals surface area contributed by atoms with E-state index in [4.69, 9.17) is 27.9 Å². The predicted molar refractivity (Wildman–Crippen MR) is 87.2 cm³/mol. The highest BCUT2D eigenvalue weighted by molar-refractivity contribution is 6.35. The van der Waals surface area contributed by atoms with Crippen LogP contribution in [0.5, 0.6) is 0 Å². The molecule has 2 aromatic carbocycles. The van der Waals surface area contributed by atoms with Gasteiger partial charge in [0, 0.05) is 21.7 Å². The lowest BCUT2D eigenvalue weighted by atomic mass is 10.1. The number of hydrogen-bond acceptors (Lipinski definition) is 3. The molecule has 0 fully saturated rings. The van der Waals surface area contributed by atoms with E-state index in [0.29, 0.717) is 21.2 Å². The number of halogens is 2. The van der Waals surface area contributed by atoms with Crippen LogP contribution in [0.4, 0.5) is 0 Å². The van der Waals surface area contributed by atoms with Gasteiger partial charge in [0.1, 0.15) is 0 Å². The average Bonchev–Trinajstić information content (AvgIpc) is 2.52. The van der Waals surface area contributed by atoms with Crippen LogP contribution in [0.3, 0.4) is 0 Å². The first-order chi connectivity index (χ1) is 10.6. The summed E-state index contributed by atoms with van der Waals surface area (Å²) in [6, 6.07) is 13.6. The van der Waals surface area contributed by atoms with Crippen molar-refractivity contribution in [3.8, 4) is 0 Å². The van der Waals surface area contributed by atoms with Crippen LogP contribution in [0.25, 0.3) is 6.08 Å². The Balaban J connectivity index is 1.90. The van der Waals surface area contributed by atoms with Gasteiger partial charge in [-0.2, -0.15) is 0 Å². The van der Waals surface area contributed by atoms with Gasteiger partial charge in [0.15, 0.2) is 12.4 Å². The van der Waals surface area contributed by atoms with E-state index in [-0.39, 0.29) is 12.4 Å². The van der Waals surface area contributed by atoms with Crippen molar-refractivity contribution < 1.29 is 14.3 Å². The average molecular weight is 335 g/mol. The Hall–Kier alpha value is -2.10. The van der Waals surface area contributed by atoms with Crippen molar-refractivity contribution in [2.45, 2.75) is 0 Å². The molecule has 0 saturated heterocycles. The Kier molecular flexibility index (Phi) is 5.75. The van der Waals surface area contributed by atoms with Crippen molar-refractivity contribution in [1.82, 2.24) is 0 Å². The molecule has 0 aliphatic heterocycles. The first-order valence-electron chi connectivity index (χ1n) is 6.44. The predicted octanol–water partition coefficient (Wildman–Crippen LogP) is 4.43. The van der Waals surface area contributed by atoms with Crippen LogP contribution in [-0.2, 0) is 9.53 Å². The van der Waals surface area contributed by atoms with Crippen molar-refractivity contribution in [3.05, 3.63) is 75.8 Å². The molecule has 22 heavy (non-hydrogen) atoms. The summed E-state index contributed by atoms with van der Waals surface area (Å²) in [6.07, 6.45) is 2.72. The van der Waals surface area contributed by atoms with Crippen molar-refractivity contribution in [2.24, 2.45) is 0 Å². The summed E-state index contributed by atoms with van der Waals surface area (Å²) in [5.74, 6) is -0.873. The molecule has 0 unspecified atom stereocenters. The van der Waals surface area contributed by atoms with E-state index in [1.807, 2.05) is 0 Å². The van der Waals surface area contributed by atoms with Gasteiger partial charge in [-0.3, -0.25) is 4.79 Å². The summed E-state index contributed by atoms with van der Waals surface area (Å²) < 4.78 is 4.90. The highest BCUT2D eigenvalue weighted by Crippen LogP contribution is 2.21. The highest BCUT2D eigenvalue weighted by atomic mass is 35.5. The number of Topliss-reactive ketones (excluding diaryl/α,β-unsaturated/α-hetero) is 1. The maximum Gasteiger partial charge on any atom is 0.331 e. The van der Waals surface area contributed by atoms with Crippen LogP contribution in [-0.4, -0.2) is 18.4 Å². The normalized spacial score (nSPS) is 10.6. The second-order valence-electron chi connectivity index (χ2n) is 4.40. The molecule has 0 spiro atoms. The number of ether oxygens (including phenoxy) is 1. The van der Waals surface area contributed by atoms with Crippen LogP contribution in [0.1, 0.15) is 15.9 Å². The molecule has 0 saturated carbocycles. The fourth-order valence-corrected chi connectivity index (χ4v) is 2.16. The van der Waals surface area contributed by atoms with Gasteiger partial charge >= 0.3 is 5.97 Å². The Morgan fingerprint density at radius 2 is 1.77 bits per heavy atom. The van der Waals surface area contributed by atoms with E-state index in [1.54, 1.807) is 48.5 Å². The third kappa shape index (κ3) is 4.72. The Bertz CT molecular complexity index is 709. The van der Waals surface area contributed by atoms with Crippen molar-refractivity contribution in [3.63, 3.8) is 0 Å². The molecule has 0 aromatic heterocycles. The van der Waals surface area contributed by atoms with Crippen molar-refractivity contribution in [1.29, 1.82) is 0 Å². The number of carbonyl (C=O) groups is 2. The Labute approximate surface area is 138 Å². The van der Waals surface area contributed by atoms with E-state index in [0.717, 1.165) is 0 Å². The van der Waals surface area contributed by atoms with E-state index in [2.05, 4.69) is 0 Å². The van der Waals surface area contributed by atoms with Gasteiger partial charge in [-0.05, 0) is 23.8 Å². The number of carbonyl (C=O) groups excluding carboxylic acids is 2. The fourth-order valence-electron chi connectivity index (χ4n) is 1.69. The molecule has 0 N–H and O–H groups in total. The molecule has 3 nitrogen and oxygen atoms in total. The SMILES string of the molecule is O=C(/C=C/c1ccc(Cl)cc1Cl)OCC(=O)c1ccccc1. The van der Waals surface area contributed by atoms with Gasteiger partial charge in [-0.1, -0.05) is 59.6 Å². The second kappa shape index (κ2) is 7.78. The largest absolute Gasteiger partial charge is 0.454 e. The zero-order valence-electron chi connectivity index (χ0n) is 11.5. The van der Waals surface area contributed by atoms with Gasteiger partial charge < -0.3 is 4.74 Å². The minimum atomic E-state index is -0.615. The van der Waals surface area contributed by atoms with Crippen LogP contribution >= 0.6 is 23.2 Å². The van der Waals surface area contributed by atoms with Crippen molar-refractivity contribution in [2.75, 3.05) is 6.61 Å².